The lowest BCUT2D eigenvalue weighted by Gasteiger charge is -2.07. The van der Waals surface area contributed by atoms with E-state index >= 15 is 0 Å². The van der Waals surface area contributed by atoms with Gasteiger partial charge in [0.15, 0.2) is 0 Å². The molecule has 1 N–H and O–H groups in total. The molecular weight excluding hydrogens is 318 g/mol. The Balaban J connectivity index is 1.56. The number of aryl methyl sites for hydroxylation is 1. The van der Waals surface area contributed by atoms with Crippen LogP contribution in [-0.2, 0) is 22.6 Å². The van der Waals surface area contributed by atoms with E-state index in [2.05, 4.69) is 5.32 Å². The molecule has 0 saturated carbocycles. The normalized spacial score (nSPS) is 10.1. The number of alkyl carbamates (subject to hydrolysis) is 1. The number of amides is 1. The Morgan fingerprint density at radius 3 is 2.32 bits per heavy atom. The Hall–Kier alpha value is -2.82. The van der Waals surface area contributed by atoms with Crippen LogP contribution >= 0.6 is 0 Å². The van der Waals surface area contributed by atoms with Gasteiger partial charge in [0.05, 0.1) is 0 Å². The van der Waals surface area contributed by atoms with Crippen molar-refractivity contribution in [3.63, 3.8) is 0 Å². The van der Waals surface area contributed by atoms with Gasteiger partial charge in [0.2, 0.25) is 0 Å². The number of hydrogen-bond donors (Lipinski definition) is 1. The lowest BCUT2D eigenvalue weighted by atomic mass is 10.1. The molecule has 0 fully saturated rings. The molecule has 5 nitrogen and oxygen atoms in total. The van der Waals surface area contributed by atoms with Crippen LogP contribution in [0.4, 0.5) is 4.79 Å². The van der Waals surface area contributed by atoms with Crippen molar-refractivity contribution < 1.29 is 19.1 Å². The topological polar surface area (TPSA) is 64.6 Å². The molecule has 5 heteroatoms. The van der Waals surface area contributed by atoms with Crippen molar-refractivity contribution in [2.45, 2.75) is 32.8 Å². The van der Waals surface area contributed by atoms with Crippen molar-refractivity contribution in [1.29, 1.82) is 0 Å². The summed E-state index contributed by atoms with van der Waals surface area (Å²) in [4.78, 5) is 22.5. The quantitative estimate of drug-likeness (QED) is 0.450. The summed E-state index contributed by atoms with van der Waals surface area (Å²) in [6, 6.07) is 17.0. The van der Waals surface area contributed by atoms with Gasteiger partial charge in [-0.05, 0) is 42.5 Å². The van der Waals surface area contributed by atoms with Gasteiger partial charge in [-0.15, -0.1) is 0 Å². The number of hydrogen-bond acceptors (Lipinski definition) is 4. The summed E-state index contributed by atoms with van der Waals surface area (Å²) in [5.74, 6) is 0.233. The zero-order valence-corrected chi connectivity index (χ0v) is 14.4. The van der Waals surface area contributed by atoms with E-state index in [1.54, 1.807) is 12.1 Å². The van der Waals surface area contributed by atoms with Gasteiger partial charge in [-0.1, -0.05) is 42.5 Å². The van der Waals surface area contributed by atoms with Crippen LogP contribution in [0.5, 0.6) is 5.75 Å². The third-order valence-electron chi connectivity index (χ3n) is 3.56. The Labute approximate surface area is 148 Å². The molecular formula is C20H23NO4. The van der Waals surface area contributed by atoms with E-state index < -0.39 is 6.09 Å². The molecule has 0 radical (unpaired) electrons. The molecule has 2 rings (SSSR count). The SMILES string of the molecule is CC(=O)Oc1ccc(CCCCNC(=O)OCc2ccccc2)cc1. The number of benzene rings is 2. The molecule has 25 heavy (non-hydrogen) atoms. The zero-order valence-electron chi connectivity index (χ0n) is 14.4. The molecule has 0 spiro atoms. The van der Waals surface area contributed by atoms with Crippen molar-refractivity contribution in [2.75, 3.05) is 6.54 Å². The first-order chi connectivity index (χ1) is 12.1. The fourth-order valence-corrected chi connectivity index (χ4v) is 2.31. The molecule has 0 heterocycles. The summed E-state index contributed by atoms with van der Waals surface area (Å²) in [6.45, 7) is 2.24. The molecule has 2 aromatic rings. The van der Waals surface area contributed by atoms with Gasteiger partial charge in [-0.25, -0.2) is 4.79 Å². The molecule has 0 bridgehead atoms. The minimum Gasteiger partial charge on any atom is -0.445 e. The summed E-state index contributed by atoms with van der Waals surface area (Å²) < 4.78 is 10.1. The van der Waals surface area contributed by atoms with Crippen LogP contribution in [0, 0.1) is 0 Å². The third-order valence-corrected chi connectivity index (χ3v) is 3.56. The standard InChI is InChI=1S/C20H23NO4/c1-16(22)25-19-12-10-17(11-13-19)7-5-6-14-21-20(23)24-15-18-8-3-2-4-9-18/h2-4,8-13H,5-7,14-15H2,1H3,(H,21,23). The first kappa shape index (κ1) is 18.5. The van der Waals surface area contributed by atoms with Crippen LogP contribution in [0.2, 0.25) is 0 Å². The van der Waals surface area contributed by atoms with Gasteiger partial charge in [0.25, 0.3) is 0 Å². The number of ether oxygens (including phenoxy) is 2. The van der Waals surface area contributed by atoms with Gasteiger partial charge in [0.1, 0.15) is 12.4 Å². The van der Waals surface area contributed by atoms with Crippen molar-refractivity contribution in [1.82, 2.24) is 5.32 Å². The average molecular weight is 341 g/mol. The van der Waals surface area contributed by atoms with E-state index in [4.69, 9.17) is 9.47 Å². The zero-order chi connectivity index (χ0) is 17.9. The third kappa shape index (κ3) is 7.52. The summed E-state index contributed by atoms with van der Waals surface area (Å²) in [6.07, 6.45) is 2.33. The van der Waals surface area contributed by atoms with E-state index in [0.29, 0.717) is 12.3 Å². The molecule has 0 aliphatic rings. The van der Waals surface area contributed by atoms with E-state index in [9.17, 15) is 9.59 Å². The molecule has 1 amide bonds. The van der Waals surface area contributed by atoms with Gasteiger partial charge >= 0.3 is 12.1 Å². The molecule has 2 aromatic carbocycles. The summed E-state index contributed by atoms with van der Waals surface area (Å²) in [5.41, 5.74) is 2.14. The maximum atomic E-state index is 11.6. The highest BCUT2D eigenvalue weighted by Gasteiger charge is 2.02. The Kier molecular flexibility index (Phi) is 7.50. The first-order valence-electron chi connectivity index (χ1n) is 8.35. The Morgan fingerprint density at radius 2 is 1.64 bits per heavy atom. The number of nitrogens with one attached hydrogen (secondary N) is 1. The number of rotatable bonds is 8. The van der Waals surface area contributed by atoms with Gasteiger partial charge in [-0.3, -0.25) is 4.79 Å². The molecule has 132 valence electrons. The predicted molar refractivity (Wildman–Crippen MR) is 95.3 cm³/mol. The van der Waals surface area contributed by atoms with Crippen LogP contribution in [0.1, 0.15) is 30.9 Å². The molecule has 0 aliphatic carbocycles. The lowest BCUT2D eigenvalue weighted by molar-refractivity contribution is -0.131. The predicted octanol–water partition coefficient (Wildman–Crippen LogP) is 3.86. The fourth-order valence-electron chi connectivity index (χ4n) is 2.31. The largest absolute Gasteiger partial charge is 0.445 e. The maximum absolute atomic E-state index is 11.6. The fraction of sp³-hybridized carbons (Fsp3) is 0.300. The number of esters is 1. The van der Waals surface area contributed by atoms with Crippen LogP contribution in [0.3, 0.4) is 0 Å². The van der Waals surface area contributed by atoms with Crippen LogP contribution in [-0.4, -0.2) is 18.6 Å². The molecule has 0 saturated heterocycles. The minimum atomic E-state index is -0.394. The molecule has 0 aliphatic heterocycles. The van der Waals surface area contributed by atoms with E-state index in [0.717, 1.165) is 24.8 Å². The summed E-state index contributed by atoms with van der Waals surface area (Å²) >= 11 is 0. The van der Waals surface area contributed by atoms with E-state index in [1.807, 2.05) is 42.5 Å². The highest BCUT2D eigenvalue weighted by atomic mass is 16.5. The second-order valence-electron chi connectivity index (χ2n) is 5.68. The highest BCUT2D eigenvalue weighted by molar-refractivity contribution is 5.69. The molecule has 0 atom stereocenters. The first-order valence-corrected chi connectivity index (χ1v) is 8.35. The van der Waals surface area contributed by atoms with Gasteiger partial charge in [-0.2, -0.15) is 0 Å². The molecule has 0 aromatic heterocycles. The van der Waals surface area contributed by atoms with Crippen LogP contribution < -0.4 is 10.1 Å². The average Bonchev–Trinajstić information content (AvgIpc) is 2.61. The monoisotopic (exact) mass is 341 g/mol. The van der Waals surface area contributed by atoms with Crippen LogP contribution in [0.15, 0.2) is 54.6 Å². The number of unbranched alkanes of at least 4 members (excludes halogenated alkanes) is 1. The number of carbonyl (C=O) groups is 2. The Bertz CT molecular complexity index is 668. The van der Waals surface area contributed by atoms with Gasteiger partial charge < -0.3 is 14.8 Å². The minimum absolute atomic E-state index is 0.279. The summed E-state index contributed by atoms with van der Waals surface area (Å²) in [5, 5.41) is 2.75. The van der Waals surface area contributed by atoms with Gasteiger partial charge in [0, 0.05) is 13.5 Å². The van der Waals surface area contributed by atoms with Crippen LogP contribution in [0.25, 0.3) is 0 Å². The van der Waals surface area contributed by atoms with E-state index in [-0.39, 0.29) is 12.6 Å². The smallest absolute Gasteiger partial charge is 0.407 e. The van der Waals surface area contributed by atoms with Crippen molar-refractivity contribution >= 4 is 12.1 Å². The second-order valence-corrected chi connectivity index (χ2v) is 5.68. The second kappa shape index (κ2) is 10.1. The van der Waals surface area contributed by atoms with E-state index in [1.165, 1.54) is 12.5 Å². The Morgan fingerprint density at radius 1 is 0.920 bits per heavy atom. The highest BCUT2D eigenvalue weighted by Crippen LogP contribution is 2.14. The number of carbonyl (C=O) groups excluding carboxylic acids is 2. The summed E-state index contributed by atoms with van der Waals surface area (Å²) in [7, 11) is 0. The molecule has 0 unspecified atom stereocenters. The lowest BCUT2D eigenvalue weighted by Crippen LogP contribution is -2.25. The van der Waals surface area contributed by atoms with Crippen molar-refractivity contribution in [2.24, 2.45) is 0 Å². The van der Waals surface area contributed by atoms with Crippen molar-refractivity contribution in [3.8, 4) is 5.75 Å². The maximum Gasteiger partial charge on any atom is 0.407 e. The van der Waals surface area contributed by atoms with Crippen molar-refractivity contribution in [3.05, 3.63) is 65.7 Å².